The van der Waals surface area contributed by atoms with Gasteiger partial charge in [-0.1, -0.05) is 12.1 Å². The molecule has 28 heavy (non-hydrogen) atoms. The van der Waals surface area contributed by atoms with Crippen molar-refractivity contribution in [2.45, 2.75) is 39.5 Å². The van der Waals surface area contributed by atoms with Crippen LogP contribution in [0.1, 0.15) is 37.3 Å². The predicted molar refractivity (Wildman–Crippen MR) is 129 cm³/mol. The lowest BCUT2D eigenvalue weighted by atomic mass is 9.96. The maximum Gasteiger partial charge on any atom is 0.193 e. The molecule has 2 aromatic rings. The molecule has 0 amide bonds. The molecule has 1 aromatic carbocycles. The summed E-state index contributed by atoms with van der Waals surface area (Å²) in [6.07, 6.45) is 6.68. The number of guanidine groups is 1. The van der Waals surface area contributed by atoms with E-state index in [0.29, 0.717) is 0 Å². The number of halogens is 1. The fraction of sp³-hybridized carbons (Fsp3) is 0.591. The van der Waals surface area contributed by atoms with Gasteiger partial charge in [-0.2, -0.15) is 0 Å². The van der Waals surface area contributed by atoms with Crippen molar-refractivity contribution in [2.24, 2.45) is 10.9 Å². The number of ether oxygens (including phenoxy) is 1. The van der Waals surface area contributed by atoms with Crippen molar-refractivity contribution in [3.05, 3.63) is 35.5 Å². The zero-order valence-electron chi connectivity index (χ0n) is 17.5. The molecule has 0 bridgehead atoms. The number of hydrogen-bond acceptors (Lipinski definition) is 2. The number of aromatic nitrogens is 1. The van der Waals surface area contributed by atoms with E-state index in [1.54, 1.807) is 0 Å². The third-order valence-electron chi connectivity index (χ3n) is 5.48. The molecule has 3 rings (SSSR count). The smallest absolute Gasteiger partial charge is 0.193 e. The monoisotopic (exact) mass is 498 g/mol. The highest BCUT2D eigenvalue weighted by molar-refractivity contribution is 14.0. The number of nitrogens with one attached hydrogen (secondary N) is 2. The van der Waals surface area contributed by atoms with Crippen molar-refractivity contribution in [3.8, 4) is 0 Å². The Labute approximate surface area is 186 Å². The van der Waals surface area contributed by atoms with E-state index in [2.05, 4.69) is 60.5 Å². The Kier molecular flexibility index (Phi) is 9.58. The average molecular weight is 498 g/mol. The van der Waals surface area contributed by atoms with E-state index < -0.39 is 0 Å². The van der Waals surface area contributed by atoms with Gasteiger partial charge in [0.25, 0.3) is 0 Å². The third-order valence-corrected chi connectivity index (χ3v) is 5.48. The lowest BCUT2D eigenvalue weighted by Crippen LogP contribution is -2.40. The molecule has 5 nitrogen and oxygen atoms in total. The van der Waals surface area contributed by atoms with Crippen LogP contribution >= 0.6 is 24.0 Å². The minimum absolute atomic E-state index is 0. The fourth-order valence-electron chi connectivity index (χ4n) is 3.78. The average Bonchev–Trinajstić information content (AvgIpc) is 3.08. The van der Waals surface area contributed by atoms with Crippen molar-refractivity contribution in [1.29, 1.82) is 0 Å². The van der Waals surface area contributed by atoms with Gasteiger partial charge in [-0.05, 0) is 62.6 Å². The van der Waals surface area contributed by atoms with Crippen LogP contribution in [0.5, 0.6) is 0 Å². The van der Waals surface area contributed by atoms with Crippen LogP contribution in [-0.4, -0.2) is 55.7 Å². The number of aliphatic imine (C=N–C) groups is 1. The molecule has 1 saturated heterocycles. The first-order valence-electron chi connectivity index (χ1n) is 10.3. The van der Waals surface area contributed by atoms with Crippen LogP contribution in [0.3, 0.4) is 0 Å². The molecule has 156 valence electrons. The Balaban J connectivity index is 0.00000280. The Hall–Kier alpha value is -1.28. The summed E-state index contributed by atoms with van der Waals surface area (Å²) < 4.78 is 5.47. The molecule has 0 saturated carbocycles. The normalized spacial score (nSPS) is 15.5. The highest BCUT2D eigenvalue weighted by Gasteiger charge is 2.15. The summed E-state index contributed by atoms with van der Waals surface area (Å²) in [6.45, 7) is 8.84. The number of aromatic amines is 1. The second-order valence-corrected chi connectivity index (χ2v) is 7.61. The standard InChI is InChI=1S/C22H34N4O.HI/c1-4-23-22(26(3)12-8-18-9-13-27-14-10-18)24-11-7-19-16-25-21-15-17(2)5-6-20(19)21;/h5-6,15-16,18,25H,4,7-14H2,1-3H3,(H,23,24);1H. The van der Waals surface area contributed by atoms with Crippen LogP contribution in [0.25, 0.3) is 10.9 Å². The van der Waals surface area contributed by atoms with Crippen molar-refractivity contribution >= 4 is 40.8 Å². The van der Waals surface area contributed by atoms with E-state index in [1.807, 2.05) is 0 Å². The van der Waals surface area contributed by atoms with Gasteiger partial charge < -0.3 is 19.9 Å². The van der Waals surface area contributed by atoms with Crippen LogP contribution in [0.4, 0.5) is 0 Å². The number of fused-ring (bicyclic) bond motifs is 1. The minimum atomic E-state index is 0. The minimum Gasteiger partial charge on any atom is -0.381 e. The molecule has 1 aromatic heterocycles. The Morgan fingerprint density at radius 1 is 1.32 bits per heavy atom. The number of H-pyrrole nitrogens is 1. The molecule has 2 N–H and O–H groups in total. The third kappa shape index (κ3) is 6.37. The van der Waals surface area contributed by atoms with Crippen LogP contribution in [0.2, 0.25) is 0 Å². The van der Waals surface area contributed by atoms with Gasteiger partial charge in [0.1, 0.15) is 0 Å². The van der Waals surface area contributed by atoms with E-state index in [9.17, 15) is 0 Å². The lowest BCUT2D eigenvalue weighted by molar-refractivity contribution is 0.0625. The summed E-state index contributed by atoms with van der Waals surface area (Å²) >= 11 is 0. The van der Waals surface area contributed by atoms with E-state index >= 15 is 0 Å². The Bertz CT molecular complexity index is 752. The highest BCUT2D eigenvalue weighted by atomic mass is 127. The van der Waals surface area contributed by atoms with Crippen molar-refractivity contribution < 1.29 is 4.74 Å². The van der Waals surface area contributed by atoms with Crippen LogP contribution < -0.4 is 5.32 Å². The molecule has 0 atom stereocenters. The molecule has 1 aliphatic rings. The van der Waals surface area contributed by atoms with Gasteiger partial charge >= 0.3 is 0 Å². The lowest BCUT2D eigenvalue weighted by Gasteiger charge is -2.26. The Morgan fingerprint density at radius 2 is 2.11 bits per heavy atom. The Morgan fingerprint density at radius 3 is 2.86 bits per heavy atom. The summed E-state index contributed by atoms with van der Waals surface area (Å²) in [5, 5.41) is 4.75. The number of rotatable bonds is 7. The number of hydrogen-bond donors (Lipinski definition) is 2. The predicted octanol–water partition coefficient (Wildman–Crippen LogP) is 4.35. The van der Waals surface area contributed by atoms with Crippen molar-refractivity contribution in [1.82, 2.24) is 15.2 Å². The summed E-state index contributed by atoms with van der Waals surface area (Å²) in [5.41, 5.74) is 3.85. The van der Waals surface area contributed by atoms with E-state index in [4.69, 9.17) is 9.73 Å². The molecule has 2 heterocycles. The van der Waals surface area contributed by atoms with Crippen molar-refractivity contribution in [2.75, 3.05) is 39.9 Å². The van der Waals surface area contributed by atoms with E-state index in [0.717, 1.165) is 51.1 Å². The number of aryl methyl sites for hydroxylation is 1. The van der Waals surface area contributed by atoms with Gasteiger partial charge in [-0.3, -0.25) is 4.99 Å². The molecule has 1 aliphatic heterocycles. The van der Waals surface area contributed by atoms with Gasteiger partial charge in [0.15, 0.2) is 5.96 Å². The maximum atomic E-state index is 5.47. The molecule has 1 fully saturated rings. The maximum absolute atomic E-state index is 5.47. The first kappa shape index (κ1) is 23.0. The van der Waals surface area contributed by atoms with Crippen LogP contribution in [0.15, 0.2) is 29.4 Å². The molecular weight excluding hydrogens is 463 g/mol. The van der Waals surface area contributed by atoms with E-state index in [1.165, 1.54) is 41.3 Å². The topological polar surface area (TPSA) is 52.7 Å². The summed E-state index contributed by atoms with van der Waals surface area (Å²) in [6, 6.07) is 6.60. The zero-order valence-corrected chi connectivity index (χ0v) is 19.8. The fourth-order valence-corrected chi connectivity index (χ4v) is 3.78. The number of benzene rings is 1. The summed E-state index contributed by atoms with van der Waals surface area (Å²) in [4.78, 5) is 10.5. The summed E-state index contributed by atoms with van der Waals surface area (Å²) in [5.74, 6) is 1.80. The second kappa shape index (κ2) is 11.7. The van der Waals surface area contributed by atoms with E-state index in [-0.39, 0.29) is 24.0 Å². The van der Waals surface area contributed by atoms with Gasteiger partial charge in [-0.15, -0.1) is 24.0 Å². The van der Waals surface area contributed by atoms with Gasteiger partial charge in [0.2, 0.25) is 0 Å². The van der Waals surface area contributed by atoms with Gasteiger partial charge in [0.05, 0.1) is 0 Å². The molecule has 0 spiro atoms. The second-order valence-electron chi connectivity index (χ2n) is 7.61. The quantitative estimate of drug-likeness (QED) is 0.339. The molecule has 6 heteroatoms. The SMILES string of the molecule is CCNC(=NCCc1c[nH]c2cc(C)ccc12)N(C)CCC1CCOCC1.I. The molecule has 0 unspecified atom stereocenters. The van der Waals surface area contributed by atoms with Gasteiger partial charge in [-0.25, -0.2) is 0 Å². The zero-order chi connectivity index (χ0) is 19.1. The molecule has 0 radical (unpaired) electrons. The number of nitrogens with zero attached hydrogens (tertiary/aromatic N) is 2. The van der Waals surface area contributed by atoms with Crippen LogP contribution in [0, 0.1) is 12.8 Å². The highest BCUT2D eigenvalue weighted by Crippen LogP contribution is 2.20. The first-order chi connectivity index (χ1) is 13.2. The first-order valence-corrected chi connectivity index (χ1v) is 10.3. The summed E-state index contributed by atoms with van der Waals surface area (Å²) in [7, 11) is 2.15. The molecule has 0 aliphatic carbocycles. The van der Waals surface area contributed by atoms with Gasteiger partial charge in [0, 0.05) is 57.0 Å². The molecular formula is C22H35IN4O. The largest absolute Gasteiger partial charge is 0.381 e. The van der Waals surface area contributed by atoms with Crippen molar-refractivity contribution in [3.63, 3.8) is 0 Å². The van der Waals surface area contributed by atoms with Crippen LogP contribution in [-0.2, 0) is 11.2 Å².